The molecule has 0 amide bonds. The van der Waals surface area contributed by atoms with Crippen molar-refractivity contribution in [2.75, 3.05) is 26.5 Å². The molecule has 1 aromatic heterocycles. The highest BCUT2D eigenvalue weighted by atomic mass is 32.2. The number of fused-ring (bicyclic) bond motifs is 1. The van der Waals surface area contributed by atoms with E-state index in [4.69, 9.17) is 4.74 Å². The number of hydrogen-bond acceptors (Lipinski definition) is 5. The lowest BCUT2D eigenvalue weighted by Gasteiger charge is -2.37. The standard InChI is InChI=1S/C21H29N3O3S/c1-15-10-22-24(11-15)20-8-17-13-23(14-18(17)9-21(20)27-2)12-16-4-6-19(7-5-16)28(3,25)26/h4-7,10-11,17-18,20-21H,8-9,12-14H2,1-3H3/t17-,18+,20-,21-/m0/s1. The molecular weight excluding hydrogens is 374 g/mol. The molecule has 6 nitrogen and oxygen atoms in total. The molecule has 1 saturated heterocycles. The van der Waals surface area contributed by atoms with Crippen LogP contribution in [0.2, 0.25) is 0 Å². The van der Waals surface area contributed by atoms with E-state index in [2.05, 4.69) is 27.8 Å². The fraction of sp³-hybridized carbons (Fsp3) is 0.571. The van der Waals surface area contributed by atoms with Gasteiger partial charge in [-0.1, -0.05) is 12.1 Å². The van der Waals surface area contributed by atoms with Crippen LogP contribution in [0.4, 0.5) is 0 Å². The van der Waals surface area contributed by atoms with Crippen molar-refractivity contribution in [3.8, 4) is 0 Å². The summed E-state index contributed by atoms with van der Waals surface area (Å²) in [6.45, 7) is 5.08. The van der Waals surface area contributed by atoms with Crippen LogP contribution in [0, 0.1) is 18.8 Å². The highest BCUT2D eigenvalue weighted by Gasteiger charge is 2.43. The van der Waals surface area contributed by atoms with Crippen LogP contribution in [0.3, 0.4) is 0 Å². The molecule has 1 aliphatic carbocycles. The summed E-state index contributed by atoms with van der Waals surface area (Å²) in [5, 5.41) is 4.54. The maximum atomic E-state index is 11.6. The Balaban J connectivity index is 1.43. The Morgan fingerprint density at radius 2 is 1.82 bits per heavy atom. The van der Waals surface area contributed by atoms with Gasteiger partial charge in [-0.3, -0.25) is 9.58 Å². The Morgan fingerprint density at radius 3 is 2.39 bits per heavy atom. The number of rotatable bonds is 5. The Bertz CT molecular complexity index is 923. The minimum atomic E-state index is -3.14. The van der Waals surface area contributed by atoms with Crippen LogP contribution in [0.15, 0.2) is 41.6 Å². The van der Waals surface area contributed by atoms with Gasteiger partial charge < -0.3 is 4.74 Å². The van der Waals surface area contributed by atoms with Gasteiger partial charge in [-0.2, -0.15) is 5.10 Å². The number of benzene rings is 1. The fourth-order valence-electron chi connectivity index (χ4n) is 4.86. The van der Waals surface area contributed by atoms with Crippen molar-refractivity contribution in [1.29, 1.82) is 0 Å². The first-order valence-electron chi connectivity index (χ1n) is 9.88. The maximum Gasteiger partial charge on any atom is 0.175 e. The van der Waals surface area contributed by atoms with Gasteiger partial charge >= 0.3 is 0 Å². The molecule has 152 valence electrons. The summed E-state index contributed by atoms with van der Waals surface area (Å²) in [5.41, 5.74) is 2.34. The van der Waals surface area contributed by atoms with Gasteiger partial charge in [-0.25, -0.2) is 8.42 Å². The summed E-state index contributed by atoms with van der Waals surface area (Å²) >= 11 is 0. The van der Waals surface area contributed by atoms with Gasteiger partial charge in [0.1, 0.15) is 0 Å². The maximum absolute atomic E-state index is 11.6. The lowest BCUT2D eigenvalue weighted by Crippen LogP contribution is -2.37. The summed E-state index contributed by atoms with van der Waals surface area (Å²) in [6, 6.07) is 7.60. The highest BCUT2D eigenvalue weighted by Crippen LogP contribution is 2.42. The van der Waals surface area contributed by atoms with Crippen molar-refractivity contribution >= 4 is 9.84 Å². The zero-order valence-corrected chi connectivity index (χ0v) is 17.6. The predicted molar refractivity (Wildman–Crippen MR) is 108 cm³/mol. The van der Waals surface area contributed by atoms with E-state index in [1.807, 2.05) is 25.4 Å². The summed E-state index contributed by atoms with van der Waals surface area (Å²) in [4.78, 5) is 2.88. The molecule has 2 aromatic rings. The van der Waals surface area contributed by atoms with Gasteiger partial charge in [0.15, 0.2) is 9.84 Å². The molecule has 0 radical (unpaired) electrons. The fourth-order valence-corrected chi connectivity index (χ4v) is 5.49. The third kappa shape index (κ3) is 4.02. The van der Waals surface area contributed by atoms with Crippen molar-refractivity contribution in [1.82, 2.24) is 14.7 Å². The molecule has 2 aliphatic rings. The van der Waals surface area contributed by atoms with Gasteiger partial charge in [-0.15, -0.1) is 0 Å². The molecule has 0 spiro atoms. The van der Waals surface area contributed by atoms with Crippen LogP contribution in [0.5, 0.6) is 0 Å². The van der Waals surface area contributed by atoms with E-state index < -0.39 is 9.84 Å². The quantitative estimate of drug-likeness (QED) is 0.768. The number of hydrogen-bond donors (Lipinski definition) is 0. The summed E-state index contributed by atoms with van der Waals surface area (Å²) in [5.74, 6) is 1.30. The third-order valence-corrected chi connectivity index (χ3v) is 7.42. The van der Waals surface area contributed by atoms with Gasteiger partial charge in [0.2, 0.25) is 0 Å². The van der Waals surface area contributed by atoms with Crippen LogP contribution >= 0.6 is 0 Å². The molecule has 1 aromatic carbocycles. The minimum absolute atomic E-state index is 0.203. The lowest BCUT2D eigenvalue weighted by atomic mass is 9.77. The monoisotopic (exact) mass is 403 g/mol. The first-order valence-corrected chi connectivity index (χ1v) is 11.8. The van der Waals surface area contributed by atoms with E-state index in [0.29, 0.717) is 22.8 Å². The summed E-state index contributed by atoms with van der Waals surface area (Å²) in [6.07, 6.45) is 7.64. The first-order chi connectivity index (χ1) is 13.3. The number of aromatic nitrogens is 2. The van der Waals surface area contributed by atoms with E-state index in [9.17, 15) is 8.42 Å². The zero-order chi connectivity index (χ0) is 19.9. The lowest BCUT2D eigenvalue weighted by molar-refractivity contribution is -0.00488. The number of ether oxygens (including phenoxy) is 1. The van der Waals surface area contributed by atoms with Crippen LogP contribution in [0.1, 0.15) is 30.0 Å². The molecule has 1 saturated carbocycles. The molecular formula is C21H29N3O3S. The molecule has 28 heavy (non-hydrogen) atoms. The number of nitrogens with zero attached hydrogens (tertiary/aromatic N) is 3. The van der Waals surface area contributed by atoms with E-state index in [1.165, 1.54) is 11.8 Å². The van der Waals surface area contributed by atoms with Crippen molar-refractivity contribution < 1.29 is 13.2 Å². The predicted octanol–water partition coefficient (Wildman–Crippen LogP) is 2.69. The van der Waals surface area contributed by atoms with E-state index >= 15 is 0 Å². The second-order valence-corrected chi connectivity index (χ2v) is 10.5. The topological polar surface area (TPSA) is 64.4 Å². The zero-order valence-electron chi connectivity index (χ0n) is 16.8. The molecule has 2 fully saturated rings. The van der Waals surface area contributed by atoms with Gasteiger partial charge in [-0.05, 0) is 54.9 Å². The molecule has 0 N–H and O–H groups in total. The van der Waals surface area contributed by atoms with Crippen molar-refractivity contribution in [3.63, 3.8) is 0 Å². The average molecular weight is 404 g/mol. The number of sulfone groups is 1. The van der Waals surface area contributed by atoms with Crippen LogP contribution in [-0.4, -0.2) is 55.7 Å². The summed E-state index contributed by atoms with van der Waals surface area (Å²) < 4.78 is 31.2. The number of aryl methyl sites for hydroxylation is 1. The Hall–Kier alpha value is -1.70. The average Bonchev–Trinajstić information content (AvgIpc) is 3.25. The van der Waals surface area contributed by atoms with Crippen molar-refractivity contribution in [3.05, 3.63) is 47.8 Å². The van der Waals surface area contributed by atoms with E-state index in [-0.39, 0.29) is 6.10 Å². The molecule has 0 bridgehead atoms. The van der Waals surface area contributed by atoms with Crippen molar-refractivity contribution in [2.45, 2.75) is 43.4 Å². The highest BCUT2D eigenvalue weighted by molar-refractivity contribution is 7.90. The normalized spacial score (nSPS) is 28.4. The number of methoxy groups -OCH3 is 1. The van der Waals surface area contributed by atoms with E-state index in [1.54, 1.807) is 12.1 Å². The number of likely N-dealkylation sites (tertiary alicyclic amines) is 1. The molecule has 4 atom stereocenters. The van der Waals surface area contributed by atoms with Crippen LogP contribution in [-0.2, 0) is 21.1 Å². The van der Waals surface area contributed by atoms with E-state index in [0.717, 1.165) is 38.0 Å². The van der Waals surface area contributed by atoms with Crippen molar-refractivity contribution in [2.24, 2.45) is 11.8 Å². The largest absolute Gasteiger partial charge is 0.379 e. The smallest absolute Gasteiger partial charge is 0.175 e. The first kappa shape index (κ1) is 19.6. The SMILES string of the molecule is CO[C@H]1C[C@@H]2CN(Cc3ccc(S(C)(=O)=O)cc3)C[C@@H]2C[C@@H]1n1cc(C)cn1. The minimum Gasteiger partial charge on any atom is -0.379 e. The molecule has 2 heterocycles. The Morgan fingerprint density at radius 1 is 1.14 bits per heavy atom. The third-order valence-electron chi connectivity index (χ3n) is 6.29. The molecule has 7 heteroatoms. The van der Waals surface area contributed by atoms with Gasteiger partial charge in [0.05, 0.1) is 23.2 Å². The molecule has 1 aliphatic heterocycles. The second-order valence-electron chi connectivity index (χ2n) is 8.44. The Kier molecular flexibility index (Phi) is 5.33. The van der Waals surface area contributed by atoms with Crippen LogP contribution < -0.4 is 0 Å². The van der Waals surface area contributed by atoms with Gasteiger partial charge in [0.25, 0.3) is 0 Å². The second kappa shape index (κ2) is 7.61. The molecule has 4 rings (SSSR count). The van der Waals surface area contributed by atoms with Crippen LogP contribution in [0.25, 0.3) is 0 Å². The summed E-state index contributed by atoms with van der Waals surface area (Å²) in [7, 11) is -1.33. The molecule has 0 unspecified atom stereocenters. The van der Waals surface area contributed by atoms with Gasteiger partial charge in [0, 0.05) is 39.2 Å². The Labute approximate surface area is 167 Å².